The lowest BCUT2D eigenvalue weighted by molar-refractivity contribution is -0.129. The molecule has 2 aromatic carbocycles. The minimum atomic E-state index is -0.202. The number of piperazine rings is 1. The summed E-state index contributed by atoms with van der Waals surface area (Å²) in [5.74, 6) is -0.364. The molecule has 1 aliphatic heterocycles. The minimum Gasteiger partial charge on any atom is -0.300 e. The Bertz CT molecular complexity index is 998. The van der Waals surface area contributed by atoms with Crippen LogP contribution in [0.4, 0.5) is 0 Å². The zero-order chi connectivity index (χ0) is 22.2. The number of nitrogens with one attached hydrogen (secondary N) is 2. The number of benzene rings is 2. The topological polar surface area (TPSA) is 77.6 Å². The number of hydrazine groups is 1. The van der Waals surface area contributed by atoms with Gasteiger partial charge in [0.25, 0.3) is 0 Å². The zero-order valence-corrected chi connectivity index (χ0v) is 18.9. The fourth-order valence-corrected chi connectivity index (χ4v) is 4.75. The molecule has 4 rings (SSSR count). The van der Waals surface area contributed by atoms with E-state index in [1.807, 2.05) is 30.3 Å². The molecule has 168 valence electrons. The third-order valence-electron chi connectivity index (χ3n) is 5.61. The van der Waals surface area contributed by atoms with Gasteiger partial charge in [0.2, 0.25) is 11.8 Å². The number of hydrogen-bond acceptors (Lipinski definition) is 6. The summed E-state index contributed by atoms with van der Waals surface area (Å²) in [5.41, 5.74) is 7.35. The van der Waals surface area contributed by atoms with Gasteiger partial charge in [-0.1, -0.05) is 42.5 Å². The molecule has 8 heteroatoms. The van der Waals surface area contributed by atoms with E-state index in [-0.39, 0.29) is 11.8 Å². The number of rotatable bonds is 8. The number of carbonyl (C=O) groups excluding carboxylic acids is 2. The molecule has 2 amide bonds. The molecule has 0 aliphatic carbocycles. The van der Waals surface area contributed by atoms with Gasteiger partial charge in [-0.2, -0.15) is 0 Å². The highest BCUT2D eigenvalue weighted by atomic mass is 32.1. The lowest BCUT2D eigenvalue weighted by Crippen LogP contribution is -2.47. The van der Waals surface area contributed by atoms with Crippen LogP contribution in [0.3, 0.4) is 0 Å². The number of aryl methyl sites for hydroxylation is 1. The molecule has 0 bridgehead atoms. The summed E-state index contributed by atoms with van der Waals surface area (Å²) in [5, 5.41) is 0.930. The third-order valence-corrected chi connectivity index (χ3v) is 6.71. The maximum absolute atomic E-state index is 12.1. The first kappa shape index (κ1) is 22.4. The van der Waals surface area contributed by atoms with E-state index in [2.05, 4.69) is 49.9 Å². The maximum atomic E-state index is 12.1. The van der Waals surface area contributed by atoms with E-state index in [9.17, 15) is 9.59 Å². The summed E-state index contributed by atoms with van der Waals surface area (Å²) in [6, 6.07) is 18.4. The van der Waals surface area contributed by atoms with E-state index < -0.39 is 0 Å². The summed E-state index contributed by atoms with van der Waals surface area (Å²) in [6.45, 7) is 5.58. The molecule has 0 unspecified atom stereocenters. The van der Waals surface area contributed by atoms with E-state index in [4.69, 9.17) is 0 Å². The molecule has 1 aliphatic rings. The Morgan fingerprint density at radius 2 is 1.50 bits per heavy atom. The van der Waals surface area contributed by atoms with Gasteiger partial charge >= 0.3 is 0 Å². The Balaban J connectivity index is 1.09. The van der Waals surface area contributed by atoms with Gasteiger partial charge in [0.1, 0.15) is 0 Å². The van der Waals surface area contributed by atoms with Gasteiger partial charge < -0.3 is 4.90 Å². The molecule has 7 nitrogen and oxygen atoms in total. The van der Waals surface area contributed by atoms with E-state index in [0.29, 0.717) is 25.8 Å². The second kappa shape index (κ2) is 11.2. The van der Waals surface area contributed by atoms with Crippen molar-refractivity contribution in [2.24, 2.45) is 0 Å². The van der Waals surface area contributed by atoms with Crippen LogP contribution in [0.2, 0.25) is 0 Å². The second-order valence-corrected chi connectivity index (χ2v) is 9.14. The first-order valence-electron chi connectivity index (χ1n) is 11.1. The van der Waals surface area contributed by atoms with Gasteiger partial charge in [-0.15, -0.1) is 11.3 Å². The largest absolute Gasteiger partial charge is 0.300 e. The van der Waals surface area contributed by atoms with Crippen LogP contribution in [0, 0.1) is 0 Å². The van der Waals surface area contributed by atoms with Crippen LogP contribution in [0.1, 0.15) is 23.4 Å². The van der Waals surface area contributed by atoms with Crippen LogP contribution in [0.5, 0.6) is 0 Å². The number of aromatic nitrogens is 1. The number of para-hydroxylation sites is 1. The summed E-state index contributed by atoms with van der Waals surface area (Å²) in [7, 11) is 0. The van der Waals surface area contributed by atoms with Gasteiger partial charge in [0.15, 0.2) is 0 Å². The molecule has 0 spiro atoms. The average Bonchev–Trinajstić information content (AvgIpc) is 3.25. The number of hydrogen-bond donors (Lipinski definition) is 2. The summed E-state index contributed by atoms with van der Waals surface area (Å²) >= 11 is 1.60. The van der Waals surface area contributed by atoms with Crippen molar-refractivity contribution in [3.63, 3.8) is 0 Å². The zero-order valence-electron chi connectivity index (χ0n) is 18.1. The normalized spacial score (nSPS) is 15.0. The summed E-state index contributed by atoms with van der Waals surface area (Å²) < 4.78 is 1.12. The molecule has 2 N–H and O–H groups in total. The molecule has 0 radical (unpaired) electrons. The van der Waals surface area contributed by atoms with Gasteiger partial charge in [-0.25, -0.2) is 4.98 Å². The SMILES string of the molecule is O=C(CCc1nc2ccccc2s1)NNC(=O)CCN1CCN(Cc2ccccc2)CC1. The highest BCUT2D eigenvalue weighted by Crippen LogP contribution is 2.22. The number of thiazole rings is 1. The molecule has 2 heterocycles. The Morgan fingerprint density at radius 1 is 0.844 bits per heavy atom. The van der Waals surface area contributed by atoms with Crippen LogP contribution in [0.15, 0.2) is 54.6 Å². The smallest absolute Gasteiger partial charge is 0.239 e. The summed E-state index contributed by atoms with van der Waals surface area (Å²) in [4.78, 5) is 33.5. The van der Waals surface area contributed by atoms with Gasteiger partial charge in [-0.05, 0) is 17.7 Å². The second-order valence-electron chi connectivity index (χ2n) is 8.03. The fraction of sp³-hybridized carbons (Fsp3) is 0.375. The highest BCUT2D eigenvalue weighted by Gasteiger charge is 2.17. The molecule has 3 aromatic rings. The van der Waals surface area contributed by atoms with E-state index in [0.717, 1.165) is 47.9 Å². The third kappa shape index (κ3) is 6.59. The van der Waals surface area contributed by atoms with Crippen molar-refractivity contribution in [2.45, 2.75) is 25.8 Å². The standard InChI is InChI=1S/C24H29N5O2S/c30-22(10-11-24-25-20-8-4-5-9-21(20)32-24)26-27-23(31)12-13-28-14-16-29(17-15-28)18-19-6-2-1-3-7-19/h1-9H,10-18H2,(H,26,30)(H,27,31). The first-order chi connectivity index (χ1) is 15.7. The lowest BCUT2D eigenvalue weighted by Gasteiger charge is -2.34. The molecule has 0 saturated carbocycles. The van der Waals surface area contributed by atoms with Crippen LogP contribution in [-0.4, -0.2) is 59.3 Å². The molecule has 32 heavy (non-hydrogen) atoms. The van der Waals surface area contributed by atoms with E-state index in [1.54, 1.807) is 11.3 Å². The highest BCUT2D eigenvalue weighted by molar-refractivity contribution is 7.18. The van der Waals surface area contributed by atoms with Crippen molar-refractivity contribution in [1.29, 1.82) is 0 Å². The van der Waals surface area contributed by atoms with Crippen molar-refractivity contribution in [3.8, 4) is 0 Å². The van der Waals surface area contributed by atoms with Crippen LogP contribution < -0.4 is 10.9 Å². The van der Waals surface area contributed by atoms with Gasteiger partial charge in [-0.3, -0.25) is 25.3 Å². The Hall–Kier alpha value is -2.81. The van der Waals surface area contributed by atoms with Crippen LogP contribution in [0.25, 0.3) is 10.2 Å². The Morgan fingerprint density at radius 3 is 2.25 bits per heavy atom. The molecule has 1 fully saturated rings. The Kier molecular flexibility index (Phi) is 7.82. The average molecular weight is 452 g/mol. The molecule has 1 aromatic heterocycles. The van der Waals surface area contributed by atoms with Crippen molar-refractivity contribution in [2.75, 3.05) is 32.7 Å². The molecular formula is C24H29N5O2S. The van der Waals surface area contributed by atoms with E-state index >= 15 is 0 Å². The van der Waals surface area contributed by atoms with Gasteiger partial charge in [0, 0.05) is 58.5 Å². The van der Waals surface area contributed by atoms with Crippen molar-refractivity contribution >= 4 is 33.4 Å². The number of carbonyl (C=O) groups is 2. The fourth-order valence-electron chi connectivity index (χ4n) is 3.78. The molecule has 1 saturated heterocycles. The van der Waals surface area contributed by atoms with E-state index in [1.165, 1.54) is 5.56 Å². The predicted octanol–water partition coefficient (Wildman–Crippen LogP) is 2.58. The van der Waals surface area contributed by atoms with Crippen LogP contribution in [-0.2, 0) is 22.6 Å². The van der Waals surface area contributed by atoms with Crippen molar-refractivity contribution < 1.29 is 9.59 Å². The number of amides is 2. The molecular weight excluding hydrogens is 422 g/mol. The number of fused-ring (bicyclic) bond motifs is 1. The quantitative estimate of drug-likeness (QED) is 0.515. The monoisotopic (exact) mass is 451 g/mol. The van der Waals surface area contributed by atoms with Gasteiger partial charge in [0.05, 0.1) is 15.2 Å². The molecule has 0 atom stereocenters. The first-order valence-corrected chi connectivity index (χ1v) is 11.9. The van der Waals surface area contributed by atoms with Crippen LogP contribution >= 0.6 is 11.3 Å². The van der Waals surface area contributed by atoms with Crippen molar-refractivity contribution in [3.05, 3.63) is 65.2 Å². The lowest BCUT2D eigenvalue weighted by atomic mass is 10.2. The predicted molar refractivity (Wildman–Crippen MR) is 127 cm³/mol. The van der Waals surface area contributed by atoms with Crippen molar-refractivity contribution in [1.82, 2.24) is 25.6 Å². The maximum Gasteiger partial charge on any atom is 0.239 e. The Labute approximate surface area is 192 Å². The number of nitrogens with zero attached hydrogens (tertiary/aromatic N) is 3. The summed E-state index contributed by atoms with van der Waals surface area (Å²) in [6.07, 6.45) is 1.23. The minimum absolute atomic E-state index is 0.162.